The third kappa shape index (κ3) is 4.48. The molecule has 0 aliphatic rings. The van der Waals surface area contributed by atoms with Crippen LogP contribution in [0.5, 0.6) is 0 Å². The molecular weight excluding hydrogens is 394 g/mol. The molecule has 4 heteroatoms. The molecule has 112 valence electrons. The van der Waals surface area contributed by atoms with Crippen LogP contribution in [-0.2, 0) is 12.8 Å². The Morgan fingerprint density at radius 1 is 1.10 bits per heavy atom. The Bertz CT molecular complexity index is 577. The highest BCUT2D eigenvalue weighted by Gasteiger charge is 2.19. The molecule has 21 heavy (non-hydrogen) atoms. The SMILES string of the molecule is Br.CCc1cc(CC)cc(C(Br)C(=O)c2ccncc2)c1. The summed E-state index contributed by atoms with van der Waals surface area (Å²) in [5, 5.41) is 0. The number of aromatic nitrogens is 1. The van der Waals surface area contributed by atoms with Crippen molar-refractivity contribution in [3.05, 3.63) is 65.0 Å². The fourth-order valence-corrected chi connectivity index (χ4v) is 2.69. The van der Waals surface area contributed by atoms with Crippen molar-refractivity contribution in [2.24, 2.45) is 0 Å². The number of pyridine rings is 1. The molecule has 1 aromatic heterocycles. The van der Waals surface area contributed by atoms with Gasteiger partial charge in [-0.3, -0.25) is 9.78 Å². The zero-order valence-electron chi connectivity index (χ0n) is 12.2. The third-order valence-electron chi connectivity index (χ3n) is 3.38. The molecule has 0 bridgehead atoms. The predicted molar refractivity (Wildman–Crippen MR) is 95.8 cm³/mol. The topological polar surface area (TPSA) is 30.0 Å². The number of rotatable bonds is 5. The second-order valence-corrected chi connectivity index (χ2v) is 5.67. The van der Waals surface area contributed by atoms with E-state index in [9.17, 15) is 4.79 Å². The molecule has 1 atom stereocenters. The van der Waals surface area contributed by atoms with Crippen LogP contribution in [-0.4, -0.2) is 10.8 Å². The molecule has 2 nitrogen and oxygen atoms in total. The summed E-state index contributed by atoms with van der Waals surface area (Å²) in [5.41, 5.74) is 4.25. The van der Waals surface area contributed by atoms with E-state index >= 15 is 0 Å². The van der Waals surface area contributed by atoms with E-state index in [4.69, 9.17) is 0 Å². The molecule has 0 spiro atoms. The first-order valence-corrected chi connectivity index (χ1v) is 7.78. The number of aryl methyl sites for hydroxylation is 2. The van der Waals surface area contributed by atoms with E-state index in [1.54, 1.807) is 24.5 Å². The maximum absolute atomic E-state index is 12.5. The number of carbonyl (C=O) groups is 1. The van der Waals surface area contributed by atoms with Gasteiger partial charge in [0.05, 0.1) is 0 Å². The number of ketones is 1. The minimum absolute atomic E-state index is 0. The summed E-state index contributed by atoms with van der Waals surface area (Å²) < 4.78 is 0. The number of nitrogens with zero attached hydrogens (tertiary/aromatic N) is 1. The summed E-state index contributed by atoms with van der Waals surface area (Å²) in [4.78, 5) is 16.1. The van der Waals surface area contributed by atoms with Crippen molar-refractivity contribution in [2.75, 3.05) is 0 Å². The summed E-state index contributed by atoms with van der Waals surface area (Å²) in [5.74, 6) is 0.0720. The molecule has 0 saturated heterocycles. The van der Waals surface area contributed by atoms with Gasteiger partial charge in [0.25, 0.3) is 0 Å². The van der Waals surface area contributed by atoms with Crippen molar-refractivity contribution >= 4 is 38.7 Å². The van der Waals surface area contributed by atoms with Gasteiger partial charge in [-0.1, -0.05) is 48.0 Å². The van der Waals surface area contributed by atoms with Gasteiger partial charge in [-0.15, -0.1) is 17.0 Å². The van der Waals surface area contributed by atoms with E-state index in [-0.39, 0.29) is 27.6 Å². The number of hydrogen-bond donors (Lipinski definition) is 0. The van der Waals surface area contributed by atoms with Gasteiger partial charge in [-0.25, -0.2) is 0 Å². The highest BCUT2D eigenvalue weighted by Crippen LogP contribution is 2.29. The quantitative estimate of drug-likeness (QED) is 0.504. The van der Waals surface area contributed by atoms with Crippen molar-refractivity contribution in [1.29, 1.82) is 0 Å². The first kappa shape index (κ1) is 18.1. The minimum Gasteiger partial charge on any atom is -0.293 e. The Morgan fingerprint density at radius 2 is 1.62 bits per heavy atom. The van der Waals surface area contributed by atoms with Crippen LogP contribution in [0.1, 0.15) is 45.7 Å². The van der Waals surface area contributed by atoms with Crippen LogP contribution >= 0.6 is 32.9 Å². The zero-order chi connectivity index (χ0) is 14.5. The molecule has 0 amide bonds. The van der Waals surface area contributed by atoms with Gasteiger partial charge in [0.1, 0.15) is 4.83 Å². The molecule has 0 aliphatic heterocycles. The van der Waals surface area contributed by atoms with Gasteiger partial charge >= 0.3 is 0 Å². The molecule has 0 saturated carbocycles. The Labute approximate surface area is 144 Å². The zero-order valence-corrected chi connectivity index (χ0v) is 15.5. The summed E-state index contributed by atoms with van der Waals surface area (Å²) in [6.07, 6.45) is 5.24. The molecule has 1 unspecified atom stereocenters. The van der Waals surface area contributed by atoms with Crippen LogP contribution in [0.4, 0.5) is 0 Å². The lowest BCUT2D eigenvalue weighted by atomic mass is 9.97. The van der Waals surface area contributed by atoms with Crippen LogP contribution < -0.4 is 0 Å². The van der Waals surface area contributed by atoms with Crippen molar-refractivity contribution in [2.45, 2.75) is 31.5 Å². The van der Waals surface area contributed by atoms with Crippen LogP contribution in [0.2, 0.25) is 0 Å². The molecular formula is C17H19Br2NO. The molecule has 2 rings (SSSR count). The van der Waals surface area contributed by atoms with Crippen molar-refractivity contribution in [1.82, 2.24) is 4.98 Å². The van der Waals surface area contributed by atoms with Crippen molar-refractivity contribution in [3.8, 4) is 0 Å². The number of hydrogen-bond acceptors (Lipinski definition) is 2. The molecule has 0 fully saturated rings. The summed E-state index contributed by atoms with van der Waals surface area (Å²) in [6, 6.07) is 9.93. The van der Waals surface area contributed by atoms with Gasteiger partial charge in [0.15, 0.2) is 5.78 Å². The summed E-state index contributed by atoms with van der Waals surface area (Å²) in [6.45, 7) is 4.26. The first-order valence-electron chi connectivity index (χ1n) is 6.86. The van der Waals surface area contributed by atoms with Crippen molar-refractivity contribution in [3.63, 3.8) is 0 Å². The highest BCUT2D eigenvalue weighted by molar-refractivity contribution is 9.09. The maximum Gasteiger partial charge on any atom is 0.181 e. The van der Waals surface area contributed by atoms with Gasteiger partial charge in [0, 0.05) is 18.0 Å². The van der Waals surface area contributed by atoms with Crippen LogP contribution in [0, 0.1) is 0 Å². The van der Waals surface area contributed by atoms with Gasteiger partial charge < -0.3 is 0 Å². The first-order chi connectivity index (χ1) is 9.65. The lowest BCUT2D eigenvalue weighted by molar-refractivity contribution is 0.0991. The van der Waals surface area contributed by atoms with E-state index in [0.29, 0.717) is 5.56 Å². The fourth-order valence-electron chi connectivity index (χ4n) is 2.16. The summed E-state index contributed by atoms with van der Waals surface area (Å²) in [7, 11) is 0. The molecule has 2 aromatic rings. The lowest BCUT2D eigenvalue weighted by Gasteiger charge is -2.13. The average molecular weight is 413 g/mol. The molecule has 0 N–H and O–H groups in total. The van der Waals surface area contributed by atoms with E-state index in [0.717, 1.165) is 18.4 Å². The van der Waals surface area contributed by atoms with Crippen molar-refractivity contribution < 1.29 is 4.79 Å². The van der Waals surface area contributed by atoms with Gasteiger partial charge in [-0.05, 0) is 41.7 Å². The van der Waals surface area contributed by atoms with E-state index in [2.05, 4.69) is 53.0 Å². The minimum atomic E-state index is -0.304. The maximum atomic E-state index is 12.5. The van der Waals surface area contributed by atoms with Crippen LogP contribution in [0.3, 0.4) is 0 Å². The molecule has 0 radical (unpaired) electrons. The van der Waals surface area contributed by atoms with E-state index in [1.165, 1.54) is 11.1 Å². The normalized spacial score (nSPS) is 11.6. The van der Waals surface area contributed by atoms with E-state index < -0.39 is 0 Å². The number of benzene rings is 1. The second-order valence-electron chi connectivity index (χ2n) is 4.75. The standard InChI is InChI=1S/C17H18BrNO.BrH/c1-3-12-9-13(4-2)11-15(10-12)16(18)17(20)14-5-7-19-8-6-14;/h5-11,16H,3-4H2,1-2H3;1H. The monoisotopic (exact) mass is 411 g/mol. The molecule has 0 aliphatic carbocycles. The Kier molecular flexibility index (Phi) is 7.26. The van der Waals surface area contributed by atoms with Crippen LogP contribution in [0.25, 0.3) is 0 Å². The van der Waals surface area contributed by atoms with Crippen LogP contribution in [0.15, 0.2) is 42.7 Å². The number of alkyl halides is 1. The lowest BCUT2D eigenvalue weighted by Crippen LogP contribution is -2.08. The Balaban J connectivity index is 0.00000220. The largest absolute Gasteiger partial charge is 0.293 e. The van der Waals surface area contributed by atoms with Gasteiger partial charge in [-0.2, -0.15) is 0 Å². The summed E-state index contributed by atoms with van der Waals surface area (Å²) >= 11 is 3.54. The number of Topliss-reactive ketones (excluding diaryl/α,β-unsaturated/α-hetero) is 1. The number of carbonyl (C=O) groups excluding carboxylic acids is 1. The molecule has 1 heterocycles. The number of halogens is 2. The fraction of sp³-hybridized carbons (Fsp3) is 0.294. The smallest absolute Gasteiger partial charge is 0.181 e. The highest BCUT2D eigenvalue weighted by atomic mass is 79.9. The van der Waals surface area contributed by atoms with E-state index in [1.807, 2.05) is 0 Å². The molecule has 1 aromatic carbocycles. The Hall–Kier alpha value is -1.00. The van der Waals surface area contributed by atoms with Gasteiger partial charge in [0.2, 0.25) is 0 Å². The Morgan fingerprint density at radius 3 is 2.10 bits per heavy atom. The average Bonchev–Trinajstić information content (AvgIpc) is 2.53. The second kappa shape index (κ2) is 8.44. The third-order valence-corrected chi connectivity index (χ3v) is 4.32. The predicted octanol–water partition coefficient (Wildman–Crippen LogP) is 5.10.